The van der Waals surface area contributed by atoms with Crippen molar-refractivity contribution in [1.29, 1.82) is 10.8 Å². The van der Waals surface area contributed by atoms with Gasteiger partial charge in [0.15, 0.2) is 11.9 Å². The number of benzene rings is 1. The van der Waals surface area contributed by atoms with Crippen LogP contribution in [0.15, 0.2) is 30.3 Å². The molecule has 0 spiro atoms. The molecular weight excluding hydrogens is 202 g/mol. The van der Waals surface area contributed by atoms with Crippen molar-refractivity contribution in [3.05, 3.63) is 35.9 Å². The largest absolute Gasteiger partial charge is 0.370 e. The predicted molar refractivity (Wildman–Crippen MR) is 65.3 cm³/mol. The Balaban J connectivity index is 2.40. The monoisotopic (exact) mass is 219 g/mol. The fourth-order valence-electron chi connectivity index (χ4n) is 1.46. The lowest BCUT2D eigenvalue weighted by molar-refractivity contribution is 0.557. The maximum atomic E-state index is 7.25. The Morgan fingerprint density at radius 3 is 2.12 bits per heavy atom. The van der Waals surface area contributed by atoms with Crippen LogP contribution in [-0.4, -0.2) is 23.4 Å². The van der Waals surface area contributed by atoms with Crippen LogP contribution in [0, 0.1) is 10.8 Å². The van der Waals surface area contributed by atoms with Crippen LogP contribution in [0.1, 0.15) is 12.0 Å². The number of hydrogen-bond acceptors (Lipinski definition) is 2. The van der Waals surface area contributed by atoms with E-state index in [9.17, 15) is 0 Å². The van der Waals surface area contributed by atoms with Crippen molar-refractivity contribution >= 4 is 11.9 Å². The molecule has 5 heteroatoms. The average Bonchev–Trinajstić information content (AvgIpc) is 2.24. The van der Waals surface area contributed by atoms with Crippen molar-refractivity contribution in [2.45, 2.75) is 12.8 Å². The van der Waals surface area contributed by atoms with Crippen molar-refractivity contribution in [3.63, 3.8) is 0 Å². The summed E-state index contributed by atoms with van der Waals surface area (Å²) in [7, 11) is 0. The zero-order chi connectivity index (χ0) is 12.0. The van der Waals surface area contributed by atoms with Crippen LogP contribution < -0.4 is 11.5 Å². The summed E-state index contributed by atoms with van der Waals surface area (Å²) in [6, 6.07) is 10.0. The van der Waals surface area contributed by atoms with E-state index >= 15 is 0 Å². The van der Waals surface area contributed by atoms with Crippen LogP contribution in [0.25, 0.3) is 0 Å². The lowest BCUT2D eigenvalue weighted by Gasteiger charge is -2.19. The van der Waals surface area contributed by atoms with Gasteiger partial charge in [0.05, 0.1) is 0 Å². The molecule has 16 heavy (non-hydrogen) atoms. The molecule has 0 aliphatic heterocycles. The molecule has 6 N–H and O–H groups in total. The molecule has 0 unspecified atom stereocenters. The lowest BCUT2D eigenvalue weighted by atomic mass is 10.1. The van der Waals surface area contributed by atoms with Gasteiger partial charge < -0.3 is 11.5 Å². The molecule has 1 rings (SSSR count). The van der Waals surface area contributed by atoms with Crippen molar-refractivity contribution < 1.29 is 0 Å². The molecule has 0 aromatic heterocycles. The van der Waals surface area contributed by atoms with E-state index in [-0.39, 0.29) is 11.9 Å². The van der Waals surface area contributed by atoms with Crippen LogP contribution in [-0.2, 0) is 6.42 Å². The molecule has 0 amide bonds. The lowest BCUT2D eigenvalue weighted by Crippen LogP contribution is -2.45. The number of guanidine groups is 2. The number of aryl methyl sites for hydroxylation is 1. The fraction of sp³-hybridized carbons (Fsp3) is 0.273. The molecule has 0 saturated heterocycles. The van der Waals surface area contributed by atoms with Gasteiger partial charge in [-0.1, -0.05) is 30.3 Å². The number of nitrogens with zero attached hydrogens (tertiary/aromatic N) is 1. The first kappa shape index (κ1) is 12.0. The molecule has 0 heterocycles. The normalized spacial score (nSPS) is 9.75. The Morgan fingerprint density at radius 2 is 1.62 bits per heavy atom. The van der Waals surface area contributed by atoms with Gasteiger partial charge in [-0.15, -0.1) is 0 Å². The van der Waals surface area contributed by atoms with E-state index in [4.69, 9.17) is 22.3 Å². The van der Waals surface area contributed by atoms with E-state index in [2.05, 4.69) is 0 Å². The van der Waals surface area contributed by atoms with Crippen LogP contribution in [0.2, 0.25) is 0 Å². The highest BCUT2D eigenvalue weighted by atomic mass is 15.3. The standard InChI is InChI=1S/C11H17N5/c12-10(13)16(11(14)15)8-4-7-9-5-2-1-3-6-9/h1-3,5-6H,4,7-8H2,(H3,12,13)(H3,14,15). The SMILES string of the molecule is N=C(N)N(CCCc1ccccc1)C(=N)N. The van der Waals surface area contributed by atoms with Crippen LogP contribution in [0.4, 0.5) is 0 Å². The molecule has 86 valence electrons. The Kier molecular flexibility index (Phi) is 4.32. The first-order chi connectivity index (χ1) is 7.61. The third-order valence-electron chi connectivity index (χ3n) is 2.27. The molecule has 1 aromatic carbocycles. The molecule has 0 atom stereocenters. The van der Waals surface area contributed by atoms with Gasteiger partial charge >= 0.3 is 0 Å². The highest BCUT2D eigenvalue weighted by Gasteiger charge is 2.08. The predicted octanol–water partition coefficient (Wildman–Crippen LogP) is 0.708. The average molecular weight is 219 g/mol. The third kappa shape index (κ3) is 3.61. The molecule has 5 nitrogen and oxygen atoms in total. The van der Waals surface area contributed by atoms with Crippen molar-refractivity contribution in [1.82, 2.24) is 4.90 Å². The van der Waals surface area contributed by atoms with E-state index in [0.29, 0.717) is 6.54 Å². The van der Waals surface area contributed by atoms with Crippen LogP contribution in [0.5, 0.6) is 0 Å². The molecule has 0 aliphatic rings. The minimum absolute atomic E-state index is 0.180. The minimum atomic E-state index is -0.180. The molecule has 0 bridgehead atoms. The molecule has 0 fully saturated rings. The van der Waals surface area contributed by atoms with Crippen molar-refractivity contribution in [3.8, 4) is 0 Å². The number of hydrogen-bond donors (Lipinski definition) is 4. The smallest absolute Gasteiger partial charge is 0.195 e. The highest BCUT2D eigenvalue weighted by Crippen LogP contribution is 2.03. The van der Waals surface area contributed by atoms with Gasteiger partial charge in [0.1, 0.15) is 0 Å². The van der Waals surface area contributed by atoms with E-state index in [1.54, 1.807) is 0 Å². The summed E-state index contributed by atoms with van der Waals surface area (Å²) in [4.78, 5) is 1.28. The van der Waals surface area contributed by atoms with Crippen molar-refractivity contribution in [2.75, 3.05) is 6.54 Å². The van der Waals surface area contributed by atoms with E-state index in [0.717, 1.165) is 12.8 Å². The second-order valence-electron chi connectivity index (χ2n) is 3.51. The van der Waals surface area contributed by atoms with Gasteiger partial charge in [-0.05, 0) is 18.4 Å². The maximum absolute atomic E-state index is 7.25. The summed E-state index contributed by atoms with van der Waals surface area (Å²) in [6.45, 7) is 0.500. The summed E-state index contributed by atoms with van der Waals surface area (Å²) in [5.41, 5.74) is 11.8. The quantitative estimate of drug-likeness (QED) is 0.443. The summed E-state index contributed by atoms with van der Waals surface area (Å²) in [6.07, 6.45) is 1.70. The summed E-state index contributed by atoms with van der Waals surface area (Å²) in [5, 5.41) is 14.5. The third-order valence-corrected chi connectivity index (χ3v) is 2.27. The van der Waals surface area contributed by atoms with Crippen molar-refractivity contribution in [2.24, 2.45) is 11.5 Å². The van der Waals surface area contributed by atoms with Crippen LogP contribution in [0.3, 0.4) is 0 Å². The van der Waals surface area contributed by atoms with Gasteiger partial charge in [0.25, 0.3) is 0 Å². The number of nitrogens with two attached hydrogens (primary N) is 2. The second kappa shape index (κ2) is 5.75. The molecule has 0 aliphatic carbocycles. The van der Waals surface area contributed by atoms with Gasteiger partial charge in [0, 0.05) is 6.54 Å². The Labute approximate surface area is 95.1 Å². The zero-order valence-corrected chi connectivity index (χ0v) is 9.11. The van der Waals surface area contributed by atoms with Gasteiger partial charge in [-0.3, -0.25) is 15.7 Å². The fourth-order valence-corrected chi connectivity index (χ4v) is 1.46. The number of nitrogens with one attached hydrogen (secondary N) is 2. The topological polar surface area (TPSA) is 103 Å². The second-order valence-corrected chi connectivity index (χ2v) is 3.51. The maximum Gasteiger partial charge on any atom is 0.195 e. The van der Waals surface area contributed by atoms with Gasteiger partial charge in [-0.2, -0.15) is 0 Å². The zero-order valence-electron chi connectivity index (χ0n) is 9.11. The minimum Gasteiger partial charge on any atom is -0.370 e. The Bertz CT molecular complexity index is 346. The Hall–Kier alpha value is -2.04. The molecule has 0 radical (unpaired) electrons. The summed E-state index contributed by atoms with van der Waals surface area (Å²) < 4.78 is 0. The molecular formula is C11H17N5. The number of rotatable bonds is 4. The van der Waals surface area contributed by atoms with Gasteiger partial charge in [-0.25, -0.2) is 0 Å². The Morgan fingerprint density at radius 1 is 1.06 bits per heavy atom. The highest BCUT2D eigenvalue weighted by molar-refractivity contribution is 5.94. The molecule has 1 aromatic rings. The summed E-state index contributed by atoms with van der Waals surface area (Å²) in [5.74, 6) is -0.360. The molecule has 0 saturated carbocycles. The van der Waals surface area contributed by atoms with Gasteiger partial charge in [0.2, 0.25) is 0 Å². The summed E-state index contributed by atoms with van der Waals surface area (Å²) >= 11 is 0. The van der Waals surface area contributed by atoms with E-state index < -0.39 is 0 Å². The first-order valence-electron chi connectivity index (χ1n) is 5.11. The first-order valence-corrected chi connectivity index (χ1v) is 5.11. The van der Waals surface area contributed by atoms with Crippen LogP contribution >= 0.6 is 0 Å². The van der Waals surface area contributed by atoms with E-state index in [1.807, 2.05) is 30.3 Å². The van der Waals surface area contributed by atoms with E-state index in [1.165, 1.54) is 10.5 Å².